The lowest BCUT2D eigenvalue weighted by molar-refractivity contribution is -0.145. The highest BCUT2D eigenvalue weighted by molar-refractivity contribution is 5.73. The SMILES string of the molecule is O=C(O)C1CNC1c1ccccc1O. The topological polar surface area (TPSA) is 69.6 Å². The van der Waals surface area contributed by atoms with E-state index in [-0.39, 0.29) is 11.8 Å². The number of carbonyl (C=O) groups is 1. The number of para-hydroxylation sites is 1. The lowest BCUT2D eigenvalue weighted by Crippen LogP contribution is -2.49. The maximum atomic E-state index is 10.8. The van der Waals surface area contributed by atoms with E-state index in [0.29, 0.717) is 12.1 Å². The number of phenolic OH excluding ortho intramolecular Hbond substituents is 1. The van der Waals surface area contributed by atoms with Gasteiger partial charge in [-0.15, -0.1) is 0 Å². The zero-order chi connectivity index (χ0) is 10.1. The van der Waals surface area contributed by atoms with Crippen molar-refractivity contribution in [1.82, 2.24) is 5.32 Å². The fourth-order valence-electron chi connectivity index (χ4n) is 1.66. The minimum atomic E-state index is -0.822. The molecule has 1 saturated heterocycles. The van der Waals surface area contributed by atoms with E-state index in [2.05, 4.69) is 5.32 Å². The van der Waals surface area contributed by atoms with Crippen molar-refractivity contribution in [2.24, 2.45) is 5.92 Å². The number of phenols is 1. The number of rotatable bonds is 2. The van der Waals surface area contributed by atoms with Crippen LogP contribution in [0.1, 0.15) is 11.6 Å². The van der Waals surface area contributed by atoms with Crippen LogP contribution in [0.25, 0.3) is 0 Å². The van der Waals surface area contributed by atoms with Gasteiger partial charge in [0.15, 0.2) is 0 Å². The van der Waals surface area contributed by atoms with Crippen LogP contribution in [0.15, 0.2) is 24.3 Å². The van der Waals surface area contributed by atoms with Crippen LogP contribution in [0.4, 0.5) is 0 Å². The largest absolute Gasteiger partial charge is 0.508 e. The van der Waals surface area contributed by atoms with E-state index >= 15 is 0 Å². The molecular formula is C10H11NO3. The van der Waals surface area contributed by atoms with E-state index in [1.54, 1.807) is 24.3 Å². The summed E-state index contributed by atoms with van der Waals surface area (Å²) in [5, 5.41) is 21.3. The molecule has 0 aliphatic carbocycles. The van der Waals surface area contributed by atoms with Gasteiger partial charge in [-0.3, -0.25) is 4.79 Å². The highest BCUT2D eigenvalue weighted by Gasteiger charge is 2.38. The highest BCUT2D eigenvalue weighted by Crippen LogP contribution is 2.34. The molecule has 4 nitrogen and oxygen atoms in total. The Bertz CT molecular complexity index is 364. The van der Waals surface area contributed by atoms with E-state index in [9.17, 15) is 9.90 Å². The Morgan fingerprint density at radius 1 is 1.43 bits per heavy atom. The average molecular weight is 193 g/mol. The first-order valence-corrected chi connectivity index (χ1v) is 4.44. The van der Waals surface area contributed by atoms with Gasteiger partial charge in [0.1, 0.15) is 5.75 Å². The Hall–Kier alpha value is -1.55. The van der Waals surface area contributed by atoms with Crippen LogP contribution in [-0.2, 0) is 4.79 Å². The average Bonchev–Trinajstić information content (AvgIpc) is 2.05. The molecule has 0 bridgehead atoms. The smallest absolute Gasteiger partial charge is 0.309 e. The Morgan fingerprint density at radius 2 is 2.14 bits per heavy atom. The molecule has 4 heteroatoms. The van der Waals surface area contributed by atoms with Crippen molar-refractivity contribution in [2.75, 3.05) is 6.54 Å². The van der Waals surface area contributed by atoms with Gasteiger partial charge in [0, 0.05) is 12.1 Å². The third-order valence-corrected chi connectivity index (χ3v) is 2.55. The monoisotopic (exact) mass is 193 g/mol. The van der Waals surface area contributed by atoms with Crippen LogP contribution >= 0.6 is 0 Å². The van der Waals surface area contributed by atoms with Crippen molar-refractivity contribution in [3.05, 3.63) is 29.8 Å². The summed E-state index contributed by atoms with van der Waals surface area (Å²) < 4.78 is 0. The van der Waals surface area contributed by atoms with Crippen molar-refractivity contribution in [2.45, 2.75) is 6.04 Å². The predicted octanol–water partition coefficient (Wildman–Crippen LogP) is 0.737. The summed E-state index contributed by atoms with van der Waals surface area (Å²) >= 11 is 0. The molecule has 0 aromatic heterocycles. The number of aromatic hydroxyl groups is 1. The van der Waals surface area contributed by atoms with Crippen LogP contribution in [0.2, 0.25) is 0 Å². The number of nitrogens with one attached hydrogen (secondary N) is 1. The first-order chi connectivity index (χ1) is 6.70. The van der Waals surface area contributed by atoms with Gasteiger partial charge in [-0.25, -0.2) is 0 Å². The maximum Gasteiger partial charge on any atom is 0.309 e. The molecule has 2 atom stereocenters. The number of hydrogen-bond donors (Lipinski definition) is 3. The fraction of sp³-hybridized carbons (Fsp3) is 0.300. The summed E-state index contributed by atoms with van der Waals surface area (Å²) in [4.78, 5) is 10.8. The number of hydrogen-bond acceptors (Lipinski definition) is 3. The third kappa shape index (κ3) is 1.33. The molecule has 74 valence electrons. The number of carboxylic acids is 1. The van der Waals surface area contributed by atoms with Gasteiger partial charge < -0.3 is 15.5 Å². The van der Waals surface area contributed by atoms with Crippen molar-refractivity contribution >= 4 is 5.97 Å². The number of benzene rings is 1. The molecule has 2 unspecified atom stereocenters. The van der Waals surface area contributed by atoms with Crippen molar-refractivity contribution < 1.29 is 15.0 Å². The van der Waals surface area contributed by atoms with E-state index in [4.69, 9.17) is 5.11 Å². The van der Waals surface area contributed by atoms with E-state index in [1.807, 2.05) is 0 Å². The Balaban J connectivity index is 2.24. The van der Waals surface area contributed by atoms with Crippen LogP contribution in [0, 0.1) is 5.92 Å². The molecule has 3 N–H and O–H groups in total. The van der Waals surface area contributed by atoms with Crippen LogP contribution < -0.4 is 5.32 Å². The summed E-state index contributed by atoms with van der Waals surface area (Å²) in [6, 6.07) is 6.55. The molecule has 1 aliphatic rings. The minimum Gasteiger partial charge on any atom is -0.508 e. The second-order valence-corrected chi connectivity index (χ2v) is 3.39. The highest BCUT2D eigenvalue weighted by atomic mass is 16.4. The summed E-state index contributed by atoms with van der Waals surface area (Å²) in [5.41, 5.74) is 0.658. The van der Waals surface area contributed by atoms with Gasteiger partial charge in [-0.2, -0.15) is 0 Å². The van der Waals surface area contributed by atoms with Gasteiger partial charge in [0.05, 0.1) is 12.0 Å². The second-order valence-electron chi connectivity index (χ2n) is 3.39. The Labute approximate surface area is 81.2 Å². The molecule has 1 aromatic carbocycles. The molecular weight excluding hydrogens is 182 g/mol. The molecule has 2 rings (SSSR count). The molecule has 0 spiro atoms. The zero-order valence-electron chi connectivity index (χ0n) is 7.47. The van der Waals surface area contributed by atoms with Crippen molar-refractivity contribution in [3.63, 3.8) is 0 Å². The molecule has 1 heterocycles. The number of carboxylic acid groups (broad SMARTS) is 1. The zero-order valence-corrected chi connectivity index (χ0v) is 7.47. The van der Waals surface area contributed by atoms with E-state index in [0.717, 1.165) is 0 Å². The molecule has 1 aliphatic heterocycles. The first-order valence-electron chi connectivity index (χ1n) is 4.44. The van der Waals surface area contributed by atoms with Gasteiger partial charge in [-0.05, 0) is 6.07 Å². The molecule has 1 fully saturated rings. The van der Waals surface area contributed by atoms with Crippen LogP contribution in [-0.4, -0.2) is 22.7 Å². The molecule has 14 heavy (non-hydrogen) atoms. The van der Waals surface area contributed by atoms with Gasteiger partial charge >= 0.3 is 5.97 Å². The van der Waals surface area contributed by atoms with Crippen LogP contribution in [0.5, 0.6) is 5.75 Å². The lowest BCUT2D eigenvalue weighted by Gasteiger charge is -2.35. The van der Waals surface area contributed by atoms with E-state index < -0.39 is 11.9 Å². The lowest BCUT2D eigenvalue weighted by atomic mass is 9.86. The Morgan fingerprint density at radius 3 is 2.64 bits per heavy atom. The summed E-state index contributed by atoms with van der Waals surface area (Å²) in [6.07, 6.45) is 0. The molecule has 1 aromatic rings. The summed E-state index contributed by atoms with van der Waals surface area (Å²) in [5.74, 6) is -1.10. The van der Waals surface area contributed by atoms with Gasteiger partial charge in [0.2, 0.25) is 0 Å². The molecule has 0 radical (unpaired) electrons. The fourth-order valence-corrected chi connectivity index (χ4v) is 1.66. The van der Waals surface area contributed by atoms with Gasteiger partial charge in [0.25, 0.3) is 0 Å². The van der Waals surface area contributed by atoms with E-state index in [1.165, 1.54) is 0 Å². The quantitative estimate of drug-likeness (QED) is 0.647. The Kier molecular flexibility index (Phi) is 2.13. The summed E-state index contributed by atoms with van der Waals surface area (Å²) in [6.45, 7) is 0.467. The normalized spacial score (nSPS) is 25.4. The molecule has 0 saturated carbocycles. The molecule has 0 amide bonds. The minimum absolute atomic E-state index is 0.149. The summed E-state index contributed by atoms with van der Waals surface area (Å²) in [7, 11) is 0. The van der Waals surface area contributed by atoms with Crippen LogP contribution in [0.3, 0.4) is 0 Å². The maximum absolute atomic E-state index is 10.8. The van der Waals surface area contributed by atoms with Crippen molar-refractivity contribution in [1.29, 1.82) is 0 Å². The second kappa shape index (κ2) is 3.31. The third-order valence-electron chi connectivity index (χ3n) is 2.55. The van der Waals surface area contributed by atoms with Crippen molar-refractivity contribution in [3.8, 4) is 5.75 Å². The number of aliphatic carboxylic acids is 1. The predicted molar refractivity (Wildman–Crippen MR) is 50.0 cm³/mol. The first kappa shape index (κ1) is 9.02. The van der Waals surface area contributed by atoms with Gasteiger partial charge in [-0.1, -0.05) is 18.2 Å². The standard InChI is InChI=1S/C10H11NO3/c12-8-4-2-1-3-6(8)9-7(5-11-9)10(13)14/h1-4,7,9,11-12H,5H2,(H,13,14).